The van der Waals surface area contributed by atoms with Gasteiger partial charge in [0.2, 0.25) is 5.95 Å². The molecule has 2 aromatic carbocycles. The minimum atomic E-state index is -0.388. The number of benzene rings is 2. The number of anilines is 4. The van der Waals surface area contributed by atoms with Crippen LogP contribution in [0.4, 0.5) is 23.1 Å². The van der Waals surface area contributed by atoms with Crippen molar-refractivity contribution in [2.45, 2.75) is 20.0 Å². The molecule has 0 saturated heterocycles. The molecule has 3 rings (SSSR count). The monoisotopic (exact) mass is 379 g/mol. The van der Waals surface area contributed by atoms with E-state index in [0.29, 0.717) is 17.3 Å². The second-order valence-corrected chi connectivity index (χ2v) is 6.18. The van der Waals surface area contributed by atoms with Crippen LogP contribution in [-0.2, 0) is 4.74 Å². The molecule has 8 nitrogen and oxygen atoms in total. The van der Waals surface area contributed by atoms with Crippen molar-refractivity contribution < 1.29 is 14.3 Å². The highest BCUT2D eigenvalue weighted by molar-refractivity contribution is 5.89. The molecule has 0 fully saturated rings. The summed E-state index contributed by atoms with van der Waals surface area (Å²) in [6, 6.07) is 14.4. The molecule has 144 valence electrons. The maximum absolute atomic E-state index is 11.5. The molecule has 1 heterocycles. The molecular weight excluding hydrogens is 358 g/mol. The lowest BCUT2D eigenvalue weighted by molar-refractivity contribution is 0.0601. The predicted octanol–water partition coefficient (Wildman–Crippen LogP) is 3.93. The van der Waals surface area contributed by atoms with Gasteiger partial charge >= 0.3 is 5.97 Å². The molecule has 0 radical (unpaired) electrons. The van der Waals surface area contributed by atoms with E-state index in [0.717, 1.165) is 17.1 Å². The maximum atomic E-state index is 11.5. The fourth-order valence-corrected chi connectivity index (χ4v) is 2.39. The Bertz CT molecular complexity index is 927. The summed E-state index contributed by atoms with van der Waals surface area (Å²) in [5, 5.41) is 14.1. The van der Waals surface area contributed by atoms with Crippen LogP contribution in [0.3, 0.4) is 0 Å². The van der Waals surface area contributed by atoms with Crippen LogP contribution >= 0.6 is 0 Å². The highest BCUT2D eigenvalue weighted by atomic mass is 16.5. The van der Waals surface area contributed by atoms with E-state index in [9.17, 15) is 4.79 Å². The van der Waals surface area contributed by atoms with E-state index in [1.807, 2.05) is 38.1 Å². The van der Waals surface area contributed by atoms with Gasteiger partial charge in [-0.05, 0) is 62.4 Å². The van der Waals surface area contributed by atoms with Crippen molar-refractivity contribution in [2.75, 3.05) is 17.7 Å². The Morgan fingerprint density at radius 2 is 1.61 bits per heavy atom. The van der Waals surface area contributed by atoms with Gasteiger partial charge in [0.25, 0.3) is 0 Å². The molecule has 3 aromatic rings. The Labute approximate surface area is 162 Å². The molecule has 0 unspecified atom stereocenters. The van der Waals surface area contributed by atoms with Crippen LogP contribution in [0.2, 0.25) is 0 Å². The zero-order chi connectivity index (χ0) is 19.9. The van der Waals surface area contributed by atoms with Gasteiger partial charge in [0.15, 0.2) is 5.82 Å². The maximum Gasteiger partial charge on any atom is 0.337 e. The van der Waals surface area contributed by atoms with E-state index in [4.69, 9.17) is 4.74 Å². The first-order valence-corrected chi connectivity index (χ1v) is 8.72. The second-order valence-electron chi connectivity index (χ2n) is 6.18. The van der Waals surface area contributed by atoms with Gasteiger partial charge in [-0.1, -0.05) is 0 Å². The molecule has 0 atom stereocenters. The minimum Gasteiger partial charge on any atom is -0.491 e. The summed E-state index contributed by atoms with van der Waals surface area (Å²) in [5.41, 5.74) is 2.04. The van der Waals surface area contributed by atoms with Gasteiger partial charge in [0.05, 0.1) is 25.0 Å². The topological polar surface area (TPSA) is 98.3 Å². The Hall–Kier alpha value is -3.68. The summed E-state index contributed by atoms with van der Waals surface area (Å²) in [4.78, 5) is 15.9. The summed E-state index contributed by atoms with van der Waals surface area (Å²) in [6.07, 6.45) is 1.66. The second kappa shape index (κ2) is 8.81. The van der Waals surface area contributed by atoms with Crippen molar-refractivity contribution in [3.63, 3.8) is 0 Å². The number of hydrogen-bond donors (Lipinski definition) is 2. The number of esters is 1. The number of nitrogens with zero attached hydrogens (tertiary/aromatic N) is 3. The lowest BCUT2D eigenvalue weighted by Crippen LogP contribution is -2.05. The van der Waals surface area contributed by atoms with Crippen molar-refractivity contribution in [3.05, 3.63) is 60.3 Å². The van der Waals surface area contributed by atoms with Crippen LogP contribution in [0.15, 0.2) is 54.7 Å². The standard InChI is InChI=1S/C20H21N5O3/c1-13(2)28-17-10-8-15(9-11-17)22-18-12-21-25-20(24-18)23-16-6-4-14(5-7-16)19(26)27-3/h4-13H,1-3H3,(H2,22,23,24,25). The molecule has 8 heteroatoms. The Morgan fingerprint density at radius 1 is 0.964 bits per heavy atom. The van der Waals surface area contributed by atoms with Crippen molar-refractivity contribution in [1.82, 2.24) is 15.2 Å². The van der Waals surface area contributed by atoms with E-state index in [2.05, 4.69) is 30.6 Å². The number of carbonyl (C=O) groups is 1. The number of hydrogen-bond acceptors (Lipinski definition) is 8. The lowest BCUT2D eigenvalue weighted by Gasteiger charge is -2.11. The number of carbonyl (C=O) groups excluding carboxylic acids is 1. The molecule has 0 aliphatic rings. The molecule has 0 saturated carbocycles. The first-order chi connectivity index (χ1) is 13.5. The molecule has 2 N–H and O–H groups in total. The third kappa shape index (κ3) is 5.16. The largest absolute Gasteiger partial charge is 0.491 e. The van der Waals surface area contributed by atoms with Crippen LogP contribution in [-0.4, -0.2) is 34.4 Å². The molecule has 1 aromatic heterocycles. The van der Waals surface area contributed by atoms with Crippen LogP contribution in [0.1, 0.15) is 24.2 Å². The van der Waals surface area contributed by atoms with Gasteiger partial charge in [0, 0.05) is 11.4 Å². The number of ether oxygens (including phenoxy) is 2. The van der Waals surface area contributed by atoms with E-state index in [-0.39, 0.29) is 12.1 Å². The van der Waals surface area contributed by atoms with Crippen molar-refractivity contribution in [1.29, 1.82) is 0 Å². The van der Waals surface area contributed by atoms with E-state index >= 15 is 0 Å². The molecule has 0 amide bonds. The third-order valence-corrected chi connectivity index (χ3v) is 3.62. The van der Waals surface area contributed by atoms with Gasteiger partial charge in [-0.15, -0.1) is 5.10 Å². The van der Waals surface area contributed by atoms with E-state index < -0.39 is 0 Å². The SMILES string of the molecule is COC(=O)c1ccc(Nc2nncc(Nc3ccc(OC(C)C)cc3)n2)cc1. The highest BCUT2D eigenvalue weighted by Crippen LogP contribution is 2.20. The smallest absolute Gasteiger partial charge is 0.337 e. The van der Waals surface area contributed by atoms with E-state index in [1.165, 1.54) is 13.3 Å². The van der Waals surface area contributed by atoms with Gasteiger partial charge in [-0.3, -0.25) is 0 Å². The quantitative estimate of drug-likeness (QED) is 0.596. The van der Waals surface area contributed by atoms with Crippen molar-refractivity contribution in [2.24, 2.45) is 0 Å². The van der Waals surface area contributed by atoms with Crippen molar-refractivity contribution >= 4 is 29.1 Å². The average molecular weight is 379 g/mol. The van der Waals surface area contributed by atoms with Crippen LogP contribution in [0.25, 0.3) is 0 Å². The number of nitrogens with one attached hydrogen (secondary N) is 2. The number of methoxy groups -OCH3 is 1. The van der Waals surface area contributed by atoms with E-state index in [1.54, 1.807) is 24.3 Å². The summed E-state index contributed by atoms with van der Waals surface area (Å²) in [5.74, 6) is 1.29. The van der Waals surface area contributed by atoms with Gasteiger partial charge < -0.3 is 20.1 Å². The van der Waals surface area contributed by atoms with Crippen molar-refractivity contribution in [3.8, 4) is 5.75 Å². The number of rotatable bonds is 7. The van der Waals surface area contributed by atoms with Crippen LogP contribution in [0.5, 0.6) is 5.75 Å². The van der Waals surface area contributed by atoms with Gasteiger partial charge in [-0.25, -0.2) is 4.79 Å². The summed E-state index contributed by atoms with van der Waals surface area (Å²) < 4.78 is 10.3. The molecule has 0 aliphatic carbocycles. The normalized spacial score (nSPS) is 10.4. The summed E-state index contributed by atoms with van der Waals surface area (Å²) in [6.45, 7) is 3.96. The molecule has 28 heavy (non-hydrogen) atoms. The first kappa shape index (κ1) is 19.1. The fourth-order valence-electron chi connectivity index (χ4n) is 2.39. The minimum absolute atomic E-state index is 0.125. The highest BCUT2D eigenvalue weighted by Gasteiger charge is 2.06. The predicted molar refractivity (Wildman–Crippen MR) is 106 cm³/mol. The molecule has 0 spiro atoms. The molecule has 0 bridgehead atoms. The third-order valence-electron chi connectivity index (χ3n) is 3.62. The zero-order valence-corrected chi connectivity index (χ0v) is 15.8. The molecule has 0 aliphatic heterocycles. The summed E-state index contributed by atoms with van der Waals surface area (Å²) in [7, 11) is 1.34. The Balaban J connectivity index is 1.66. The lowest BCUT2D eigenvalue weighted by atomic mass is 10.2. The number of aromatic nitrogens is 3. The average Bonchev–Trinajstić information content (AvgIpc) is 2.69. The fraction of sp³-hybridized carbons (Fsp3) is 0.200. The Morgan fingerprint density at radius 3 is 2.25 bits per heavy atom. The first-order valence-electron chi connectivity index (χ1n) is 8.72. The Kier molecular flexibility index (Phi) is 6.01. The van der Waals surface area contributed by atoms with Crippen LogP contribution in [0, 0.1) is 0 Å². The van der Waals surface area contributed by atoms with Crippen LogP contribution < -0.4 is 15.4 Å². The molecular formula is C20H21N5O3. The zero-order valence-electron chi connectivity index (χ0n) is 15.8. The summed E-state index contributed by atoms with van der Waals surface area (Å²) >= 11 is 0. The van der Waals surface area contributed by atoms with Gasteiger partial charge in [-0.2, -0.15) is 10.1 Å². The van der Waals surface area contributed by atoms with Gasteiger partial charge in [0.1, 0.15) is 5.75 Å².